The van der Waals surface area contributed by atoms with E-state index in [1.165, 1.54) is 24.0 Å². The van der Waals surface area contributed by atoms with Gasteiger partial charge in [0.2, 0.25) is 0 Å². The van der Waals surface area contributed by atoms with E-state index in [1.807, 2.05) is 6.20 Å². The van der Waals surface area contributed by atoms with Gasteiger partial charge < -0.3 is 10.2 Å². The van der Waals surface area contributed by atoms with Gasteiger partial charge in [0.25, 0.3) is 0 Å². The number of hydrogen-bond acceptors (Lipinski definition) is 3. The van der Waals surface area contributed by atoms with Crippen molar-refractivity contribution in [3.8, 4) is 0 Å². The molecular formula is C15H25N3. The van der Waals surface area contributed by atoms with Crippen molar-refractivity contribution in [2.24, 2.45) is 0 Å². The third kappa shape index (κ3) is 3.22. The van der Waals surface area contributed by atoms with Gasteiger partial charge in [0.15, 0.2) is 0 Å². The molecule has 18 heavy (non-hydrogen) atoms. The molecule has 1 N–H and O–H groups in total. The molecule has 1 heterocycles. The summed E-state index contributed by atoms with van der Waals surface area (Å²) in [5.41, 5.74) is 2.57. The molecule has 2 rings (SSSR count). The van der Waals surface area contributed by atoms with Gasteiger partial charge in [-0.25, -0.2) is 4.98 Å². The fourth-order valence-electron chi connectivity index (χ4n) is 2.33. The number of anilines is 1. The fourth-order valence-corrected chi connectivity index (χ4v) is 2.33. The van der Waals surface area contributed by atoms with E-state index < -0.39 is 0 Å². The Morgan fingerprint density at radius 3 is 2.67 bits per heavy atom. The highest BCUT2D eigenvalue weighted by molar-refractivity contribution is 5.48. The normalized spacial score (nSPS) is 15.2. The van der Waals surface area contributed by atoms with Crippen LogP contribution in [0.1, 0.15) is 44.7 Å². The third-order valence-electron chi connectivity index (χ3n) is 3.52. The Morgan fingerprint density at radius 1 is 1.44 bits per heavy atom. The summed E-state index contributed by atoms with van der Waals surface area (Å²) in [5, 5.41) is 3.53. The van der Waals surface area contributed by atoms with Crippen molar-refractivity contribution >= 4 is 5.82 Å². The summed E-state index contributed by atoms with van der Waals surface area (Å²) in [5.74, 6) is 1.13. The Labute approximate surface area is 111 Å². The van der Waals surface area contributed by atoms with Crippen molar-refractivity contribution in [1.29, 1.82) is 0 Å². The zero-order chi connectivity index (χ0) is 13.1. The molecular weight excluding hydrogens is 222 g/mol. The largest absolute Gasteiger partial charge is 0.354 e. The Hall–Kier alpha value is -1.09. The van der Waals surface area contributed by atoms with Gasteiger partial charge >= 0.3 is 0 Å². The van der Waals surface area contributed by atoms with Crippen LogP contribution in [0.25, 0.3) is 0 Å². The van der Waals surface area contributed by atoms with Crippen LogP contribution in [0.3, 0.4) is 0 Å². The number of rotatable bonds is 6. The van der Waals surface area contributed by atoms with Gasteiger partial charge in [0, 0.05) is 31.4 Å². The average molecular weight is 247 g/mol. The lowest BCUT2D eigenvalue weighted by Gasteiger charge is -2.28. The van der Waals surface area contributed by atoms with Crippen molar-refractivity contribution < 1.29 is 0 Å². The van der Waals surface area contributed by atoms with Crippen molar-refractivity contribution in [3.05, 3.63) is 23.4 Å². The van der Waals surface area contributed by atoms with Crippen LogP contribution in [0, 0.1) is 6.92 Å². The molecule has 1 aromatic rings. The highest BCUT2D eigenvalue weighted by Crippen LogP contribution is 2.22. The Balaban J connectivity index is 2.07. The third-order valence-corrected chi connectivity index (χ3v) is 3.52. The van der Waals surface area contributed by atoms with Gasteiger partial charge in [-0.1, -0.05) is 0 Å². The summed E-state index contributed by atoms with van der Waals surface area (Å²) in [6.45, 7) is 10.7. The number of nitrogens with zero attached hydrogens (tertiary/aromatic N) is 2. The molecule has 1 aliphatic carbocycles. The van der Waals surface area contributed by atoms with Gasteiger partial charge in [-0.2, -0.15) is 0 Å². The van der Waals surface area contributed by atoms with Crippen molar-refractivity contribution in [1.82, 2.24) is 10.3 Å². The van der Waals surface area contributed by atoms with Crippen molar-refractivity contribution in [3.63, 3.8) is 0 Å². The first-order chi connectivity index (χ1) is 8.61. The molecule has 1 saturated carbocycles. The maximum Gasteiger partial charge on any atom is 0.131 e. The summed E-state index contributed by atoms with van der Waals surface area (Å²) in [6.07, 6.45) is 4.69. The minimum Gasteiger partial charge on any atom is -0.354 e. The first kappa shape index (κ1) is 13.3. The van der Waals surface area contributed by atoms with Crippen LogP contribution in [-0.2, 0) is 6.54 Å². The standard InChI is InChI=1S/C15H25N3/c1-5-18(11(2)3)15-12(4)8-13(10-17-15)9-16-14-6-7-14/h8,10-11,14,16H,5-7,9H2,1-4H3. The Kier molecular flexibility index (Phi) is 4.23. The van der Waals surface area contributed by atoms with E-state index in [1.54, 1.807) is 0 Å². The van der Waals surface area contributed by atoms with Crippen LogP contribution in [0.5, 0.6) is 0 Å². The Morgan fingerprint density at radius 2 is 2.17 bits per heavy atom. The first-order valence-corrected chi connectivity index (χ1v) is 7.07. The smallest absolute Gasteiger partial charge is 0.131 e. The van der Waals surface area contributed by atoms with Crippen LogP contribution in [0.4, 0.5) is 5.82 Å². The molecule has 0 spiro atoms. The van der Waals surface area contributed by atoms with E-state index in [0.717, 1.165) is 24.9 Å². The molecule has 100 valence electrons. The van der Waals surface area contributed by atoms with E-state index in [2.05, 4.69) is 49.0 Å². The molecule has 0 unspecified atom stereocenters. The zero-order valence-corrected chi connectivity index (χ0v) is 12.0. The molecule has 3 heteroatoms. The maximum absolute atomic E-state index is 4.65. The molecule has 0 aliphatic heterocycles. The van der Waals surface area contributed by atoms with Crippen LogP contribution in [0.2, 0.25) is 0 Å². The minimum absolute atomic E-state index is 0.497. The lowest BCUT2D eigenvalue weighted by atomic mass is 10.1. The van der Waals surface area contributed by atoms with Gasteiger partial charge in [0.05, 0.1) is 0 Å². The molecule has 1 aromatic heterocycles. The molecule has 0 amide bonds. The highest BCUT2D eigenvalue weighted by atomic mass is 15.2. The van der Waals surface area contributed by atoms with Crippen molar-refractivity contribution in [2.75, 3.05) is 11.4 Å². The zero-order valence-electron chi connectivity index (χ0n) is 12.0. The molecule has 1 aliphatic rings. The SMILES string of the molecule is CCN(c1ncc(CNC2CC2)cc1C)C(C)C. The van der Waals surface area contributed by atoms with E-state index >= 15 is 0 Å². The van der Waals surface area contributed by atoms with Crippen LogP contribution < -0.4 is 10.2 Å². The van der Waals surface area contributed by atoms with E-state index in [0.29, 0.717) is 6.04 Å². The van der Waals surface area contributed by atoms with Crippen molar-refractivity contribution in [2.45, 2.75) is 59.2 Å². The lowest BCUT2D eigenvalue weighted by molar-refractivity contribution is 0.676. The quantitative estimate of drug-likeness (QED) is 0.838. The van der Waals surface area contributed by atoms with Crippen LogP contribution in [0.15, 0.2) is 12.3 Å². The number of pyridine rings is 1. The second-order valence-corrected chi connectivity index (χ2v) is 5.52. The second-order valence-electron chi connectivity index (χ2n) is 5.52. The molecule has 0 atom stereocenters. The molecule has 1 fully saturated rings. The van der Waals surface area contributed by atoms with Crippen LogP contribution in [-0.4, -0.2) is 23.6 Å². The van der Waals surface area contributed by atoms with Gasteiger partial charge in [-0.15, -0.1) is 0 Å². The summed E-state index contributed by atoms with van der Waals surface area (Å²) < 4.78 is 0. The van der Waals surface area contributed by atoms with E-state index in [-0.39, 0.29) is 0 Å². The maximum atomic E-state index is 4.65. The van der Waals surface area contributed by atoms with E-state index in [4.69, 9.17) is 0 Å². The highest BCUT2D eigenvalue weighted by Gasteiger charge is 2.20. The minimum atomic E-state index is 0.497. The van der Waals surface area contributed by atoms with Gasteiger partial charge in [0.1, 0.15) is 5.82 Å². The molecule has 0 aromatic carbocycles. The number of aryl methyl sites for hydroxylation is 1. The van der Waals surface area contributed by atoms with Crippen LogP contribution >= 0.6 is 0 Å². The first-order valence-electron chi connectivity index (χ1n) is 7.07. The summed E-state index contributed by atoms with van der Waals surface area (Å²) in [6, 6.07) is 3.52. The number of aromatic nitrogens is 1. The van der Waals surface area contributed by atoms with E-state index in [9.17, 15) is 0 Å². The monoisotopic (exact) mass is 247 g/mol. The number of hydrogen-bond donors (Lipinski definition) is 1. The topological polar surface area (TPSA) is 28.2 Å². The molecule has 0 radical (unpaired) electrons. The fraction of sp³-hybridized carbons (Fsp3) is 0.667. The average Bonchev–Trinajstić information content (AvgIpc) is 3.13. The second kappa shape index (κ2) is 5.70. The summed E-state index contributed by atoms with van der Waals surface area (Å²) >= 11 is 0. The Bertz CT molecular complexity index is 397. The van der Waals surface area contributed by atoms with Gasteiger partial charge in [-0.3, -0.25) is 0 Å². The molecule has 0 bridgehead atoms. The molecule has 0 saturated heterocycles. The lowest BCUT2D eigenvalue weighted by Crippen LogP contribution is -2.31. The summed E-state index contributed by atoms with van der Waals surface area (Å²) in [7, 11) is 0. The predicted molar refractivity (Wildman–Crippen MR) is 77.0 cm³/mol. The number of nitrogens with one attached hydrogen (secondary N) is 1. The molecule has 3 nitrogen and oxygen atoms in total. The predicted octanol–water partition coefficient (Wildman–Crippen LogP) is 2.88. The summed E-state index contributed by atoms with van der Waals surface area (Å²) in [4.78, 5) is 7.00. The van der Waals surface area contributed by atoms with Gasteiger partial charge in [-0.05, 0) is 57.7 Å².